The summed E-state index contributed by atoms with van der Waals surface area (Å²) in [6, 6.07) is 7.62. The molecule has 0 saturated heterocycles. The van der Waals surface area contributed by atoms with E-state index < -0.39 is 5.97 Å². The number of ether oxygens (including phenoxy) is 1. The van der Waals surface area contributed by atoms with Crippen LogP contribution in [-0.2, 0) is 20.9 Å². The third-order valence-electron chi connectivity index (χ3n) is 3.56. The Morgan fingerprint density at radius 2 is 2.08 bits per heavy atom. The zero-order chi connectivity index (χ0) is 18.5. The molecule has 0 saturated carbocycles. The number of carbonyl (C=O) groups excluding carboxylic acids is 2. The smallest absolute Gasteiger partial charge is 0.354 e. The molecule has 26 heavy (non-hydrogen) atoms. The van der Waals surface area contributed by atoms with E-state index in [1.54, 1.807) is 0 Å². The summed E-state index contributed by atoms with van der Waals surface area (Å²) in [4.78, 5) is 35.2. The molecule has 1 aromatic heterocycles. The van der Waals surface area contributed by atoms with E-state index in [9.17, 15) is 9.59 Å². The van der Waals surface area contributed by atoms with Crippen LogP contribution < -0.4 is 16.5 Å². The van der Waals surface area contributed by atoms with Gasteiger partial charge < -0.3 is 15.8 Å². The van der Waals surface area contributed by atoms with Gasteiger partial charge in [0.15, 0.2) is 12.4 Å². The SMILES string of the molecule is Cc1ccccc1Nc1nc(N)nc(COC(=O)C2=NNC(=O)CC2)n1. The molecular formula is C16H17N7O3. The minimum absolute atomic E-state index is 0.00408. The second-order valence-electron chi connectivity index (χ2n) is 5.54. The summed E-state index contributed by atoms with van der Waals surface area (Å²) in [6.45, 7) is 1.75. The van der Waals surface area contributed by atoms with Crippen molar-refractivity contribution in [3.63, 3.8) is 0 Å². The second kappa shape index (κ2) is 7.55. The lowest BCUT2D eigenvalue weighted by Crippen LogP contribution is -2.30. The van der Waals surface area contributed by atoms with Gasteiger partial charge in [-0.1, -0.05) is 18.2 Å². The number of hydrogen-bond donors (Lipinski definition) is 3. The van der Waals surface area contributed by atoms with Crippen molar-refractivity contribution in [3.05, 3.63) is 35.7 Å². The molecule has 0 radical (unpaired) electrons. The lowest BCUT2D eigenvalue weighted by Gasteiger charge is -2.12. The average molecular weight is 355 g/mol. The van der Waals surface area contributed by atoms with Crippen LogP contribution in [0.3, 0.4) is 0 Å². The molecule has 1 amide bonds. The van der Waals surface area contributed by atoms with Crippen LogP contribution >= 0.6 is 0 Å². The van der Waals surface area contributed by atoms with Crippen molar-refractivity contribution < 1.29 is 14.3 Å². The number of nitrogens with zero attached hydrogens (tertiary/aromatic N) is 4. The maximum atomic E-state index is 12.0. The summed E-state index contributed by atoms with van der Waals surface area (Å²) >= 11 is 0. The van der Waals surface area contributed by atoms with Crippen LogP contribution in [0.4, 0.5) is 17.6 Å². The summed E-state index contributed by atoms with van der Waals surface area (Å²) in [5, 5.41) is 6.73. The van der Waals surface area contributed by atoms with E-state index in [0.717, 1.165) is 11.3 Å². The normalized spacial score (nSPS) is 13.6. The molecule has 0 bridgehead atoms. The highest BCUT2D eigenvalue weighted by atomic mass is 16.5. The third kappa shape index (κ3) is 4.29. The Morgan fingerprint density at radius 1 is 1.27 bits per heavy atom. The van der Waals surface area contributed by atoms with Gasteiger partial charge in [-0.3, -0.25) is 4.79 Å². The fourth-order valence-electron chi connectivity index (χ4n) is 2.23. The Morgan fingerprint density at radius 3 is 2.81 bits per heavy atom. The molecule has 2 aromatic rings. The molecule has 0 atom stereocenters. The monoisotopic (exact) mass is 355 g/mol. The molecule has 0 aliphatic carbocycles. The number of aryl methyl sites for hydroxylation is 1. The summed E-state index contributed by atoms with van der Waals surface area (Å²) in [6.07, 6.45) is 0.418. The summed E-state index contributed by atoms with van der Waals surface area (Å²) < 4.78 is 5.13. The summed E-state index contributed by atoms with van der Waals surface area (Å²) in [7, 11) is 0. The minimum Gasteiger partial charge on any atom is -0.453 e. The van der Waals surface area contributed by atoms with E-state index in [1.165, 1.54) is 0 Å². The molecule has 10 nitrogen and oxygen atoms in total. The van der Waals surface area contributed by atoms with Crippen LogP contribution in [0.15, 0.2) is 29.4 Å². The Hall–Kier alpha value is -3.56. The Kier molecular flexibility index (Phi) is 5.02. The van der Waals surface area contributed by atoms with Crippen LogP contribution in [0.5, 0.6) is 0 Å². The topological polar surface area (TPSA) is 144 Å². The van der Waals surface area contributed by atoms with E-state index >= 15 is 0 Å². The number of esters is 1. The van der Waals surface area contributed by atoms with Crippen molar-refractivity contribution in [2.24, 2.45) is 5.10 Å². The van der Waals surface area contributed by atoms with Gasteiger partial charge in [0.1, 0.15) is 5.71 Å². The van der Waals surface area contributed by atoms with E-state index in [0.29, 0.717) is 0 Å². The van der Waals surface area contributed by atoms with Crippen molar-refractivity contribution in [2.75, 3.05) is 11.1 Å². The third-order valence-corrected chi connectivity index (χ3v) is 3.56. The standard InChI is InChI=1S/C16H17N7O3/c1-9-4-2-3-5-10(9)18-16-20-12(19-15(17)21-16)8-26-14(25)11-6-7-13(24)23-22-11/h2-5H,6-8H2,1H3,(H,23,24)(H3,17,18,19,20,21). The van der Waals surface area contributed by atoms with Gasteiger partial charge >= 0.3 is 5.97 Å². The molecule has 0 unspecified atom stereocenters. The van der Waals surface area contributed by atoms with Gasteiger partial charge in [0.2, 0.25) is 17.8 Å². The number of para-hydroxylation sites is 1. The molecule has 2 heterocycles. The summed E-state index contributed by atoms with van der Waals surface area (Å²) in [5.74, 6) is -0.428. The largest absolute Gasteiger partial charge is 0.453 e. The van der Waals surface area contributed by atoms with Crippen LogP contribution in [0.1, 0.15) is 24.2 Å². The van der Waals surface area contributed by atoms with Crippen LogP contribution in [0.2, 0.25) is 0 Å². The van der Waals surface area contributed by atoms with E-state index in [-0.39, 0.29) is 48.8 Å². The van der Waals surface area contributed by atoms with Gasteiger partial charge in [-0.2, -0.15) is 20.1 Å². The number of anilines is 3. The molecule has 134 valence electrons. The fraction of sp³-hybridized carbons (Fsp3) is 0.250. The summed E-state index contributed by atoms with van der Waals surface area (Å²) in [5.41, 5.74) is 9.92. The van der Waals surface area contributed by atoms with Gasteiger partial charge in [0.05, 0.1) is 0 Å². The zero-order valence-electron chi connectivity index (χ0n) is 14.0. The predicted molar refractivity (Wildman–Crippen MR) is 93.3 cm³/mol. The molecule has 4 N–H and O–H groups in total. The number of hydrogen-bond acceptors (Lipinski definition) is 9. The fourth-order valence-corrected chi connectivity index (χ4v) is 2.23. The Balaban J connectivity index is 1.67. The van der Waals surface area contributed by atoms with Crippen molar-refractivity contribution in [2.45, 2.75) is 26.4 Å². The predicted octanol–water partition coefficient (Wildman–Crippen LogP) is 0.815. The number of amides is 1. The Bertz CT molecular complexity index is 882. The number of carbonyl (C=O) groups is 2. The minimum atomic E-state index is -0.641. The number of nitrogen functional groups attached to an aromatic ring is 1. The highest BCUT2D eigenvalue weighted by molar-refractivity contribution is 6.37. The van der Waals surface area contributed by atoms with Crippen LogP contribution in [-0.4, -0.2) is 32.5 Å². The first kappa shape index (κ1) is 17.3. The first-order valence-electron chi connectivity index (χ1n) is 7.87. The zero-order valence-corrected chi connectivity index (χ0v) is 14.0. The van der Waals surface area contributed by atoms with Gasteiger partial charge in [-0.25, -0.2) is 10.2 Å². The van der Waals surface area contributed by atoms with Crippen molar-refractivity contribution in [3.8, 4) is 0 Å². The van der Waals surface area contributed by atoms with Gasteiger partial charge in [0, 0.05) is 18.5 Å². The van der Waals surface area contributed by atoms with Crippen molar-refractivity contribution in [1.82, 2.24) is 20.4 Å². The average Bonchev–Trinajstić information content (AvgIpc) is 2.62. The quantitative estimate of drug-likeness (QED) is 0.668. The van der Waals surface area contributed by atoms with E-state index in [1.807, 2.05) is 31.2 Å². The lowest BCUT2D eigenvalue weighted by molar-refractivity contribution is -0.137. The molecule has 1 aliphatic rings. The van der Waals surface area contributed by atoms with Gasteiger partial charge in [-0.15, -0.1) is 0 Å². The highest BCUT2D eigenvalue weighted by Crippen LogP contribution is 2.17. The number of aromatic nitrogens is 3. The molecule has 0 spiro atoms. The van der Waals surface area contributed by atoms with Crippen molar-refractivity contribution in [1.29, 1.82) is 0 Å². The number of nitrogens with two attached hydrogens (primary N) is 1. The number of hydrazone groups is 1. The van der Waals surface area contributed by atoms with Crippen LogP contribution in [0.25, 0.3) is 0 Å². The van der Waals surface area contributed by atoms with Gasteiger partial charge in [-0.05, 0) is 18.6 Å². The van der Waals surface area contributed by atoms with Crippen molar-refractivity contribution >= 4 is 35.2 Å². The molecule has 10 heteroatoms. The van der Waals surface area contributed by atoms with Crippen LogP contribution in [0, 0.1) is 6.92 Å². The first-order valence-corrected chi connectivity index (χ1v) is 7.87. The lowest BCUT2D eigenvalue weighted by atomic mass is 10.2. The maximum Gasteiger partial charge on any atom is 0.354 e. The molecular weight excluding hydrogens is 338 g/mol. The van der Waals surface area contributed by atoms with E-state index in [4.69, 9.17) is 10.5 Å². The Labute approximate surface area is 148 Å². The molecule has 1 aliphatic heterocycles. The molecule has 1 aromatic carbocycles. The molecule has 3 rings (SSSR count). The maximum absolute atomic E-state index is 12.0. The van der Waals surface area contributed by atoms with E-state index in [2.05, 4.69) is 30.8 Å². The molecule has 0 fully saturated rings. The number of nitrogens with one attached hydrogen (secondary N) is 2. The first-order chi connectivity index (χ1) is 12.5. The second-order valence-corrected chi connectivity index (χ2v) is 5.54. The number of benzene rings is 1. The van der Waals surface area contributed by atoms with Gasteiger partial charge in [0.25, 0.3) is 0 Å². The highest BCUT2D eigenvalue weighted by Gasteiger charge is 2.20. The number of rotatable bonds is 5.